The highest BCUT2D eigenvalue weighted by Gasteiger charge is 2.39. The molecule has 0 saturated carbocycles. The zero-order valence-corrected chi connectivity index (χ0v) is 40.5. The van der Waals surface area contributed by atoms with E-state index in [9.17, 15) is 0 Å². The molecule has 7 aromatic rings. The second-order valence-electron chi connectivity index (χ2n) is 16.4. The van der Waals surface area contributed by atoms with Gasteiger partial charge in [-0.1, -0.05) is 169 Å². The fourth-order valence-electron chi connectivity index (χ4n) is 10.2. The van der Waals surface area contributed by atoms with E-state index >= 15 is 0 Å². The Labute approximate surface area is 396 Å². The fraction of sp³-hybridized carbons (Fsp3) is 0.0702. The number of para-hydroxylation sites is 1. The number of nitrogens with zero attached hydrogens (tertiary/aromatic N) is 2. The van der Waals surface area contributed by atoms with Crippen molar-refractivity contribution < 1.29 is 4.42 Å². The van der Waals surface area contributed by atoms with Crippen molar-refractivity contribution in [2.75, 3.05) is 9.80 Å². The van der Waals surface area contributed by atoms with Gasteiger partial charge in [-0.25, -0.2) is 0 Å². The molecule has 4 aliphatic heterocycles. The number of allylic oxidation sites excluding steroid dienone is 8. The first-order valence-corrected chi connectivity index (χ1v) is 28.5. The van der Waals surface area contributed by atoms with Gasteiger partial charge in [-0.05, 0) is 160 Å². The molecule has 6 aromatic carbocycles. The molecule has 6 heteroatoms. The second-order valence-corrected chi connectivity index (χ2v) is 23.5. The molecule has 0 radical (unpaired) electrons. The van der Waals surface area contributed by atoms with Crippen molar-refractivity contribution in [3.63, 3.8) is 0 Å². The van der Waals surface area contributed by atoms with E-state index in [2.05, 4.69) is 204 Å². The van der Waals surface area contributed by atoms with Crippen molar-refractivity contribution in [3.8, 4) is 0 Å². The number of furan rings is 1. The van der Waals surface area contributed by atoms with Crippen molar-refractivity contribution >= 4 is 139 Å². The number of hydrogen-bond donors (Lipinski definition) is 0. The Bertz CT molecular complexity index is 3610. The SMILES string of the molecule is C1=CC2C3=C(C=CCC3)N(c3cccc(N(C4=CC=C(c5cccc(C6=CC=Ic7oc8ccccc8c76)c5)C=I4)C4=IC=c5c(c6ccccc6c6ccccc56)=C4)c3)C2C=C1. The lowest BCUT2D eigenvalue weighted by molar-refractivity contribution is 0.582. The van der Waals surface area contributed by atoms with Crippen LogP contribution in [0.15, 0.2) is 195 Å². The maximum Gasteiger partial charge on any atom is 0.167 e. The molecule has 2 aliphatic carbocycles. The Balaban J connectivity index is 0.932. The molecule has 6 aliphatic rings. The van der Waals surface area contributed by atoms with Gasteiger partial charge in [0.15, 0.2) is 3.77 Å². The molecule has 0 fully saturated rings. The highest BCUT2D eigenvalue weighted by Crippen LogP contribution is 2.46. The van der Waals surface area contributed by atoms with Crippen molar-refractivity contribution in [3.05, 3.63) is 222 Å². The number of anilines is 2. The Hall–Kier alpha value is -5.30. The molecule has 13 rings (SSSR count). The van der Waals surface area contributed by atoms with Crippen molar-refractivity contribution in [2.45, 2.75) is 18.9 Å². The molecule has 3 nitrogen and oxygen atoms in total. The van der Waals surface area contributed by atoms with Gasteiger partial charge in [-0.15, -0.1) is 0 Å². The molecular formula is C57H39I3N2O. The van der Waals surface area contributed by atoms with Crippen LogP contribution in [0.3, 0.4) is 0 Å². The summed E-state index contributed by atoms with van der Waals surface area (Å²) in [7, 11) is 0. The minimum absolute atomic E-state index is 0.287. The lowest BCUT2D eigenvalue weighted by Crippen LogP contribution is -2.35. The van der Waals surface area contributed by atoms with Crippen LogP contribution < -0.4 is 20.2 Å². The predicted molar refractivity (Wildman–Crippen MR) is 296 cm³/mol. The van der Waals surface area contributed by atoms with Gasteiger partial charge in [0.25, 0.3) is 0 Å². The minimum atomic E-state index is -0.503. The average molecular weight is 1150 g/mol. The fourth-order valence-corrected chi connectivity index (χ4v) is 17.8. The molecular weight excluding hydrogens is 1110 g/mol. The van der Waals surface area contributed by atoms with Crippen molar-refractivity contribution in [1.29, 1.82) is 0 Å². The summed E-state index contributed by atoms with van der Waals surface area (Å²) < 4.78 is 17.9. The highest BCUT2D eigenvalue weighted by atomic mass is 127. The van der Waals surface area contributed by atoms with Crippen LogP contribution in [0.25, 0.3) is 53.8 Å². The van der Waals surface area contributed by atoms with Gasteiger partial charge in [0.2, 0.25) is 0 Å². The highest BCUT2D eigenvalue weighted by molar-refractivity contribution is 14.2. The molecule has 2 unspecified atom stereocenters. The molecule has 2 atom stereocenters. The number of benzene rings is 6. The molecule has 0 N–H and O–H groups in total. The van der Waals surface area contributed by atoms with Gasteiger partial charge >= 0.3 is 0 Å². The summed E-state index contributed by atoms with van der Waals surface area (Å²) in [6.07, 6.45) is 26.0. The van der Waals surface area contributed by atoms with E-state index in [1.165, 1.54) is 89.6 Å². The van der Waals surface area contributed by atoms with Crippen LogP contribution in [0.5, 0.6) is 0 Å². The van der Waals surface area contributed by atoms with E-state index in [1.54, 1.807) is 5.57 Å². The monoisotopic (exact) mass is 1150 g/mol. The van der Waals surface area contributed by atoms with Crippen LogP contribution in [0.4, 0.5) is 11.4 Å². The summed E-state index contributed by atoms with van der Waals surface area (Å²) in [6, 6.07) is 45.3. The van der Waals surface area contributed by atoms with Crippen LogP contribution >= 0.6 is 62.2 Å². The Morgan fingerprint density at radius 3 is 2.32 bits per heavy atom. The van der Waals surface area contributed by atoms with E-state index < -0.39 is 41.5 Å². The van der Waals surface area contributed by atoms with E-state index in [0.717, 1.165) is 22.2 Å². The summed E-state index contributed by atoms with van der Waals surface area (Å²) in [5, 5.41) is 9.28. The topological polar surface area (TPSA) is 19.6 Å². The quantitative estimate of drug-likeness (QED) is 0.0940. The Morgan fingerprint density at radius 2 is 1.46 bits per heavy atom. The number of rotatable bonds is 6. The lowest BCUT2D eigenvalue weighted by atomic mass is 9.87. The number of hydrogen-bond acceptors (Lipinski definition) is 3. The van der Waals surface area contributed by atoms with Gasteiger partial charge in [-0.3, -0.25) is 0 Å². The van der Waals surface area contributed by atoms with Gasteiger partial charge in [-0.2, -0.15) is 0 Å². The molecule has 0 bridgehead atoms. The number of fused-ring (bicyclic) bond motifs is 11. The van der Waals surface area contributed by atoms with Crippen LogP contribution in [0, 0.1) is 9.68 Å². The third-order valence-corrected chi connectivity index (χ3v) is 19.9. The summed E-state index contributed by atoms with van der Waals surface area (Å²) in [5.74, 6) is 0.425. The first-order chi connectivity index (χ1) is 31.2. The average Bonchev–Trinajstić information content (AvgIpc) is 3.91. The van der Waals surface area contributed by atoms with E-state index in [-0.39, 0.29) is 20.7 Å². The van der Waals surface area contributed by atoms with E-state index in [1.807, 2.05) is 0 Å². The van der Waals surface area contributed by atoms with E-state index in [4.69, 9.17) is 4.42 Å². The smallest absolute Gasteiger partial charge is 0.167 e. The van der Waals surface area contributed by atoms with Crippen molar-refractivity contribution in [1.82, 2.24) is 0 Å². The van der Waals surface area contributed by atoms with E-state index in [0.29, 0.717) is 12.0 Å². The lowest BCUT2D eigenvalue weighted by Gasteiger charge is -2.32. The summed E-state index contributed by atoms with van der Waals surface area (Å²) in [5.41, 5.74) is 12.8. The Kier molecular flexibility index (Phi) is 9.54. The maximum atomic E-state index is 6.39. The predicted octanol–water partition coefficient (Wildman–Crippen LogP) is 13.5. The van der Waals surface area contributed by atoms with Crippen LogP contribution in [0.1, 0.15) is 29.5 Å². The maximum absolute atomic E-state index is 6.39. The zero-order valence-electron chi connectivity index (χ0n) is 34.1. The molecule has 63 heavy (non-hydrogen) atoms. The molecule has 1 aromatic heterocycles. The Morgan fingerprint density at radius 1 is 0.683 bits per heavy atom. The minimum Gasteiger partial charge on any atom is -0.450 e. The standard InChI is InChI=1S/C57H39I3N2O/c1-3-19-44-42(17-1)43-18-2-4-20-45(43)50-35-60-55(33-49(44)50)62(40-16-12-15-39(32-40)61-51-24-8-5-21-46(51)47-22-6-9-25-52(47)61)54-28-27-38(34-59-54)36-13-11-14-37(31-36)41-29-30-58-57-56(41)48-23-7-10-26-53(48)63-57/h1-5,7-21,23-35,46,51H,6,22H2. The molecule has 0 saturated heterocycles. The summed E-state index contributed by atoms with van der Waals surface area (Å²) in [4.78, 5) is 5.27. The van der Waals surface area contributed by atoms with Gasteiger partial charge in [0, 0.05) is 33.9 Å². The third-order valence-electron chi connectivity index (χ3n) is 13.0. The van der Waals surface area contributed by atoms with Gasteiger partial charge in [0.1, 0.15) is 5.58 Å². The number of halogens is 3. The first kappa shape index (κ1) is 38.2. The van der Waals surface area contributed by atoms with Crippen LogP contribution in [0.2, 0.25) is 0 Å². The first-order valence-electron chi connectivity index (χ1n) is 21.5. The second kappa shape index (κ2) is 15.7. The van der Waals surface area contributed by atoms with Crippen molar-refractivity contribution in [2.24, 2.45) is 5.92 Å². The molecule has 0 spiro atoms. The van der Waals surface area contributed by atoms with Crippen LogP contribution in [-0.4, -0.2) is 17.7 Å². The van der Waals surface area contributed by atoms with Crippen LogP contribution in [-0.2, 0) is 0 Å². The largest absolute Gasteiger partial charge is 0.450 e. The molecule has 0 amide bonds. The third kappa shape index (κ3) is 6.41. The van der Waals surface area contributed by atoms with Gasteiger partial charge in [0.05, 0.1) is 13.4 Å². The summed E-state index contributed by atoms with van der Waals surface area (Å²) >= 11 is -1.27. The van der Waals surface area contributed by atoms with Gasteiger partial charge < -0.3 is 14.2 Å². The summed E-state index contributed by atoms with van der Waals surface area (Å²) in [6.45, 7) is 0. The molecule has 5 heterocycles. The normalized spacial score (nSPS) is 19.6. The molecule has 304 valence electrons. The zero-order chi connectivity index (χ0) is 41.4.